The van der Waals surface area contributed by atoms with Crippen LogP contribution in [0.1, 0.15) is 60.8 Å². The van der Waals surface area contributed by atoms with Gasteiger partial charge in [-0.2, -0.15) is 0 Å². The number of rotatable bonds is 12. The van der Waals surface area contributed by atoms with Crippen molar-refractivity contribution in [2.45, 2.75) is 79.1 Å². The maximum Gasteiger partial charge on any atom is 0.191 e. The van der Waals surface area contributed by atoms with Gasteiger partial charge in [-0.3, -0.25) is 4.99 Å². The van der Waals surface area contributed by atoms with E-state index < -0.39 is 0 Å². The molecule has 1 atom stereocenters. The maximum absolute atomic E-state index is 5.83. The SMILES string of the molecule is CCNC(=NCCC(OCC)C(C)C)NC1CCN(CCOC(C)C)CC1. The van der Waals surface area contributed by atoms with Crippen molar-refractivity contribution in [2.75, 3.05) is 45.9 Å². The first kappa shape index (κ1) is 24.2. The van der Waals surface area contributed by atoms with Crippen LogP contribution < -0.4 is 10.6 Å². The van der Waals surface area contributed by atoms with Crippen molar-refractivity contribution in [1.29, 1.82) is 0 Å². The first-order valence-electron chi connectivity index (χ1n) is 11.0. The number of hydrogen-bond donors (Lipinski definition) is 2. The molecule has 1 heterocycles. The van der Waals surface area contributed by atoms with Crippen molar-refractivity contribution in [2.24, 2.45) is 10.9 Å². The van der Waals surface area contributed by atoms with Crippen LogP contribution in [0.2, 0.25) is 0 Å². The van der Waals surface area contributed by atoms with E-state index in [1.54, 1.807) is 0 Å². The standard InChI is InChI=1S/C21H44N4O2/c1-7-22-21(23-12-9-20(17(3)4)26-8-2)24-19-10-13-25(14-11-19)15-16-27-18(5)6/h17-20H,7-16H2,1-6H3,(H2,22,23,24). The Morgan fingerprint density at radius 3 is 2.37 bits per heavy atom. The smallest absolute Gasteiger partial charge is 0.191 e. The van der Waals surface area contributed by atoms with Gasteiger partial charge in [0.1, 0.15) is 0 Å². The summed E-state index contributed by atoms with van der Waals surface area (Å²) in [5, 5.41) is 7.01. The molecule has 160 valence electrons. The fourth-order valence-electron chi connectivity index (χ4n) is 3.36. The molecule has 0 aromatic carbocycles. The number of piperidine rings is 1. The lowest BCUT2D eigenvalue weighted by Crippen LogP contribution is -2.49. The fraction of sp³-hybridized carbons (Fsp3) is 0.952. The van der Waals surface area contributed by atoms with Crippen LogP contribution in [0.4, 0.5) is 0 Å². The second-order valence-corrected chi connectivity index (χ2v) is 7.97. The molecule has 0 saturated carbocycles. The largest absolute Gasteiger partial charge is 0.378 e. The van der Waals surface area contributed by atoms with Gasteiger partial charge in [0.2, 0.25) is 0 Å². The summed E-state index contributed by atoms with van der Waals surface area (Å²) >= 11 is 0. The van der Waals surface area contributed by atoms with Gasteiger partial charge in [-0.25, -0.2) is 0 Å². The first-order chi connectivity index (χ1) is 13.0. The Morgan fingerprint density at radius 2 is 1.81 bits per heavy atom. The van der Waals surface area contributed by atoms with Crippen molar-refractivity contribution in [3.05, 3.63) is 0 Å². The summed E-state index contributed by atoms with van der Waals surface area (Å²) in [7, 11) is 0. The van der Waals surface area contributed by atoms with Crippen LogP contribution in [0.5, 0.6) is 0 Å². The van der Waals surface area contributed by atoms with Gasteiger partial charge in [0.25, 0.3) is 0 Å². The van der Waals surface area contributed by atoms with Crippen molar-refractivity contribution in [3.8, 4) is 0 Å². The number of guanidine groups is 1. The zero-order valence-electron chi connectivity index (χ0n) is 18.6. The lowest BCUT2D eigenvalue weighted by molar-refractivity contribution is 0.0266. The summed E-state index contributed by atoms with van der Waals surface area (Å²) in [6, 6.07) is 0.498. The Hall–Kier alpha value is -0.850. The van der Waals surface area contributed by atoms with Crippen LogP contribution in [-0.4, -0.2) is 75.0 Å². The molecule has 1 rings (SSSR count). The lowest BCUT2D eigenvalue weighted by Gasteiger charge is -2.33. The molecule has 0 amide bonds. The molecular formula is C21H44N4O2. The van der Waals surface area contributed by atoms with Gasteiger partial charge >= 0.3 is 0 Å². The molecule has 0 radical (unpaired) electrons. The average molecular weight is 385 g/mol. The Labute approximate surface area is 167 Å². The van der Waals surface area contributed by atoms with Gasteiger partial charge in [0, 0.05) is 45.4 Å². The van der Waals surface area contributed by atoms with Crippen LogP contribution >= 0.6 is 0 Å². The Balaban J connectivity index is 2.37. The quantitative estimate of drug-likeness (QED) is 0.400. The van der Waals surface area contributed by atoms with Crippen molar-refractivity contribution in [3.63, 3.8) is 0 Å². The highest BCUT2D eigenvalue weighted by Gasteiger charge is 2.20. The first-order valence-corrected chi connectivity index (χ1v) is 11.0. The second-order valence-electron chi connectivity index (χ2n) is 7.97. The molecular weight excluding hydrogens is 340 g/mol. The highest BCUT2D eigenvalue weighted by Crippen LogP contribution is 2.12. The minimum Gasteiger partial charge on any atom is -0.378 e. The summed E-state index contributed by atoms with van der Waals surface area (Å²) in [6.07, 6.45) is 3.88. The van der Waals surface area contributed by atoms with Gasteiger partial charge < -0.3 is 25.0 Å². The van der Waals surface area contributed by atoms with E-state index in [9.17, 15) is 0 Å². The summed E-state index contributed by atoms with van der Waals surface area (Å²) < 4.78 is 11.5. The molecule has 2 N–H and O–H groups in total. The third-order valence-electron chi connectivity index (χ3n) is 4.94. The monoisotopic (exact) mass is 384 g/mol. The topological polar surface area (TPSA) is 58.1 Å². The maximum atomic E-state index is 5.83. The molecule has 0 spiro atoms. The highest BCUT2D eigenvalue weighted by atomic mass is 16.5. The van der Waals surface area contributed by atoms with Crippen LogP contribution in [-0.2, 0) is 9.47 Å². The summed E-state index contributed by atoms with van der Waals surface area (Å²) in [5.74, 6) is 1.47. The summed E-state index contributed by atoms with van der Waals surface area (Å²) in [4.78, 5) is 7.28. The van der Waals surface area contributed by atoms with Crippen LogP contribution in [0.15, 0.2) is 4.99 Å². The molecule has 0 bridgehead atoms. The van der Waals surface area contributed by atoms with Crippen molar-refractivity contribution < 1.29 is 9.47 Å². The zero-order chi connectivity index (χ0) is 20.1. The molecule has 1 aliphatic rings. The molecule has 6 nitrogen and oxygen atoms in total. The predicted octanol–water partition coefficient (Wildman–Crippen LogP) is 2.88. The van der Waals surface area contributed by atoms with E-state index in [-0.39, 0.29) is 6.10 Å². The third kappa shape index (κ3) is 10.9. The van der Waals surface area contributed by atoms with Gasteiger partial charge in [0.15, 0.2) is 5.96 Å². The van der Waals surface area contributed by atoms with E-state index in [2.05, 4.69) is 57.1 Å². The Morgan fingerprint density at radius 1 is 1.11 bits per heavy atom. The van der Waals surface area contributed by atoms with E-state index in [1.807, 2.05) is 0 Å². The van der Waals surface area contributed by atoms with E-state index in [0.717, 1.165) is 71.2 Å². The minimum atomic E-state index is 0.290. The van der Waals surface area contributed by atoms with E-state index in [1.165, 1.54) is 0 Å². The van der Waals surface area contributed by atoms with Gasteiger partial charge in [-0.1, -0.05) is 13.8 Å². The minimum absolute atomic E-state index is 0.290. The van der Waals surface area contributed by atoms with Crippen molar-refractivity contribution >= 4 is 5.96 Å². The number of hydrogen-bond acceptors (Lipinski definition) is 4. The molecule has 0 aliphatic carbocycles. The number of aliphatic imine (C=N–C) groups is 1. The number of nitrogens with one attached hydrogen (secondary N) is 2. The molecule has 6 heteroatoms. The fourth-order valence-corrected chi connectivity index (χ4v) is 3.36. The van der Waals surface area contributed by atoms with Crippen molar-refractivity contribution in [1.82, 2.24) is 15.5 Å². The molecule has 1 fully saturated rings. The molecule has 1 saturated heterocycles. The van der Waals surface area contributed by atoms with Gasteiger partial charge in [0.05, 0.1) is 18.8 Å². The van der Waals surface area contributed by atoms with E-state index in [0.29, 0.717) is 18.1 Å². The number of ether oxygens (including phenoxy) is 2. The van der Waals surface area contributed by atoms with Gasteiger partial charge in [-0.15, -0.1) is 0 Å². The molecule has 27 heavy (non-hydrogen) atoms. The van der Waals surface area contributed by atoms with Crippen LogP contribution in [0, 0.1) is 5.92 Å². The molecule has 0 aromatic heterocycles. The molecule has 1 aliphatic heterocycles. The molecule has 0 aromatic rings. The normalized spacial score (nSPS) is 18.3. The number of nitrogens with zero attached hydrogens (tertiary/aromatic N) is 2. The second kappa shape index (κ2) is 14.2. The lowest BCUT2D eigenvalue weighted by atomic mass is 10.0. The van der Waals surface area contributed by atoms with E-state index >= 15 is 0 Å². The summed E-state index contributed by atoms with van der Waals surface area (Å²) in [5.41, 5.74) is 0. The third-order valence-corrected chi connectivity index (χ3v) is 4.94. The van der Waals surface area contributed by atoms with E-state index in [4.69, 9.17) is 14.5 Å². The Kier molecular flexibility index (Phi) is 12.7. The zero-order valence-corrected chi connectivity index (χ0v) is 18.6. The summed E-state index contributed by atoms with van der Waals surface area (Å²) in [6.45, 7) is 19.4. The number of likely N-dealkylation sites (tertiary alicyclic amines) is 1. The highest BCUT2D eigenvalue weighted by molar-refractivity contribution is 5.80. The van der Waals surface area contributed by atoms with Crippen LogP contribution in [0.25, 0.3) is 0 Å². The average Bonchev–Trinajstić information content (AvgIpc) is 2.62. The Bertz CT molecular complexity index is 394. The van der Waals surface area contributed by atoms with Gasteiger partial charge in [-0.05, 0) is 52.9 Å². The van der Waals surface area contributed by atoms with Crippen LogP contribution in [0.3, 0.4) is 0 Å². The molecule has 1 unspecified atom stereocenters. The predicted molar refractivity (Wildman–Crippen MR) is 115 cm³/mol.